The number of likely N-dealkylation sites (tertiary alicyclic amines) is 1. The molecule has 0 bridgehead atoms. The zero-order chi connectivity index (χ0) is 16.2. The summed E-state index contributed by atoms with van der Waals surface area (Å²) in [7, 11) is 0. The second kappa shape index (κ2) is 7.31. The van der Waals surface area contributed by atoms with Crippen LogP contribution in [0.5, 0.6) is 0 Å². The number of hydrogen-bond acceptors (Lipinski definition) is 5. The lowest BCUT2D eigenvalue weighted by Crippen LogP contribution is -2.42. The Balaban J connectivity index is 1.74. The molecule has 0 unspecified atom stereocenters. The summed E-state index contributed by atoms with van der Waals surface area (Å²) in [5, 5.41) is 0.842. The second-order valence-corrected chi connectivity index (χ2v) is 7.69. The summed E-state index contributed by atoms with van der Waals surface area (Å²) in [4.78, 5) is 22.5. The van der Waals surface area contributed by atoms with Gasteiger partial charge in [0.1, 0.15) is 5.60 Å². The van der Waals surface area contributed by atoms with E-state index in [1.54, 1.807) is 18.0 Å². The van der Waals surface area contributed by atoms with Gasteiger partial charge in [-0.25, -0.2) is 14.8 Å². The van der Waals surface area contributed by atoms with Crippen LogP contribution >= 0.6 is 11.8 Å². The lowest BCUT2D eigenvalue weighted by molar-refractivity contribution is 0.0191. The zero-order valence-corrected chi connectivity index (χ0v) is 14.7. The second-order valence-electron chi connectivity index (χ2n) is 6.70. The molecule has 6 heteroatoms. The molecule has 122 valence electrons. The largest absolute Gasteiger partial charge is 0.444 e. The number of piperidine rings is 1. The molecule has 1 amide bonds. The van der Waals surface area contributed by atoms with E-state index in [0.717, 1.165) is 42.5 Å². The molecule has 1 saturated heterocycles. The molecule has 2 heterocycles. The van der Waals surface area contributed by atoms with E-state index in [4.69, 9.17) is 4.74 Å². The third kappa shape index (κ3) is 5.48. The number of aromatic nitrogens is 2. The summed E-state index contributed by atoms with van der Waals surface area (Å²) >= 11 is 1.70. The van der Waals surface area contributed by atoms with Crippen LogP contribution in [0.4, 0.5) is 4.79 Å². The van der Waals surface area contributed by atoms with E-state index in [1.807, 2.05) is 38.7 Å². The number of ether oxygens (including phenoxy) is 1. The van der Waals surface area contributed by atoms with E-state index in [-0.39, 0.29) is 6.09 Å². The summed E-state index contributed by atoms with van der Waals surface area (Å²) in [5.74, 6) is 1.61. The summed E-state index contributed by atoms with van der Waals surface area (Å²) in [6.45, 7) is 9.22. The first-order chi connectivity index (χ1) is 10.3. The van der Waals surface area contributed by atoms with E-state index < -0.39 is 5.60 Å². The van der Waals surface area contributed by atoms with Crippen molar-refractivity contribution < 1.29 is 9.53 Å². The van der Waals surface area contributed by atoms with Crippen LogP contribution < -0.4 is 0 Å². The Morgan fingerprint density at radius 2 is 2.09 bits per heavy atom. The number of amides is 1. The minimum atomic E-state index is -0.424. The van der Waals surface area contributed by atoms with Crippen LogP contribution in [0.3, 0.4) is 0 Å². The Hall–Kier alpha value is -1.30. The van der Waals surface area contributed by atoms with Crippen molar-refractivity contribution in [1.29, 1.82) is 0 Å². The molecule has 0 saturated carbocycles. The molecule has 1 aromatic rings. The Labute approximate surface area is 136 Å². The molecule has 2 rings (SSSR count). The first-order valence-corrected chi connectivity index (χ1v) is 8.72. The van der Waals surface area contributed by atoms with E-state index in [2.05, 4.69) is 9.97 Å². The predicted molar refractivity (Wildman–Crippen MR) is 88.0 cm³/mol. The Kier molecular flexibility index (Phi) is 5.67. The highest BCUT2D eigenvalue weighted by Crippen LogP contribution is 2.25. The molecule has 1 fully saturated rings. The topological polar surface area (TPSA) is 55.3 Å². The van der Waals surface area contributed by atoms with E-state index in [0.29, 0.717) is 5.92 Å². The van der Waals surface area contributed by atoms with Crippen molar-refractivity contribution in [2.45, 2.75) is 51.3 Å². The number of carbonyl (C=O) groups is 1. The molecule has 0 radical (unpaired) electrons. The molecule has 0 spiro atoms. The highest BCUT2D eigenvalue weighted by molar-refractivity contribution is 7.99. The van der Waals surface area contributed by atoms with Gasteiger partial charge in [0.15, 0.2) is 5.16 Å². The first kappa shape index (κ1) is 17.1. The minimum absolute atomic E-state index is 0.194. The first-order valence-electron chi connectivity index (χ1n) is 7.74. The normalized spacial score (nSPS) is 16.6. The summed E-state index contributed by atoms with van der Waals surface area (Å²) in [6, 6.07) is 1.91. The van der Waals surface area contributed by atoms with Crippen LogP contribution in [0, 0.1) is 12.8 Å². The van der Waals surface area contributed by atoms with Gasteiger partial charge in [-0.2, -0.15) is 0 Å². The summed E-state index contributed by atoms with van der Waals surface area (Å²) in [5.41, 5.74) is 0.573. The monoisotopic (exact) mass is 323 g/mol. The van der Waals surface area contributed by atoms with Gasteiger partial charge >= 0.3 is 6.09 Å². The van der Waals surface area contributed by atoms with Crippen LogP contribution in [-0.2, 0) is 4.74 Å². The van der Waals surface area contributed by atoms with Gasteiger partial charge in [-0.15, -0.1) is 0 Å². The molecule has 1 aliphatic heterocycles. The van der Waals surface area contributed by atoms with Gasteiger partial charge in [-0.1, -0.05) is 11.8 Å². The van der Waals surface area contributed by atoms with Crippen molar-refractivity contribution in [1.82, 2.24) is 14.9 Å². The van der Waals surface area contributed by atoms with Crippen LogP contribution in [0.1, 0.15) is 39.3 Å². The number of aryl methyl sites for hydroxylation is 1. The van der Waals surface area contributed by atoms with Gasteiger partial charge in [-0.05, 0) is 52.5 Å². The van der Waals surface area contributed by atoms with E-state index in [1.165, 1.54) is 0 Å². The van der Waals surface area contributed by atoms with Crippen molar-refractivity contribution in [3.63, 3.8) is 0 Å². The quantitative estimate of drug-likeness (QED) is 0.629. The number of hydrogen-bond donors (Lipinski definition) is 0. The molecule has 1 aromatic heterocycles. The third-order valence-corrected chi connectivity index (χ3v) is 4.58. The van der Waals surface area contributed by atoms with Crippen molar-refractivity contribution in [2.24, 2.45) is 5.92 Å². The average Bonchev–Trinajstić information content (AvgIpc) is 2.44. The zero-order valence-electron chi connectivity index (χ0n) is 13.8. The van der Waals surface area contributed by atoms with Crippen molar-refractivity contribution in [2.75, 3.05) is 18.8 Å². The predicted octanol–water partition coefficient (Wildman–Crippen LogP) is 3.52. The molecule has 22 heavy (non-hydrogen) atoms. The SMILES string of the molecule is Cc1ccnc(SCC2CCN(C(=O)OC(C)(C)C)CC2)n1. The average molecular weight is 323 g/mol. The molecule has 1 aliphatic rings. The van der Waals surface area contributed by atoms with Crippen LogP contribution in [0.15, 0.2) is 17.4 Å². The molecule has 5 nitrogen and oxygen atoms in total. The lowest BCUT2D eigenvalue weighted by atomic mass is 9.99. The third-order valence-electron chi connectivity index (χ3n) is 3.49. The standard InChI is InChI=1S/C16H25N3O2S/c1-12-5-8-17-14(18-12)22-11-13-6-9-19(10-7-13)15(20)21-16(2,3)4/h5,8,13H,6-7,9-11H2,1-4H3. The van der Waals surface area contributed by atoms with Crippen molar-refractivity contribution in [3.05, 3.63) is 18.0 Å². The maximum Gasteiger partial charge on any atom is 0.410 e. The van der Waals surface area contributed by atoms with Crippen LogP contribution in [-0.4, -0.2) is 45.4 Å². The molecular weight excluding hydrogens is 298 g/mol. The summed E-state index contributed by atoms with van der Waals surface area (Å²) in [6.07, 6.45) is 3.63. The van der Waals surface area contributed by atoms with Gasteiger partial charge < -0.3 is 9.64 Å². The number of rotatable bonds is 3. The lowest BCUT2D eigenvalue weighted by Gasteiger charge is -2.33. The maximum absolute atomic E-state index is 12.0. The highest BCUT2D eigenvalue weighted by atomic mass is 32.2. The molecule has 0 aromatic carbocycles. The molecule has 0 N–H and O–H groups in total. The maximum atomic E-state index is 12.0. The van der Waals surface area contributed by atoms with E-state index in [9.17, 15) is 4.79 Å². The van der Waals surface area contributed by atoms with Crippen molar-refractivity contribution >= 4 is 17.9 Å². The number of thioether (sulfide) groups is 1. The summed E-state index contributed by atoms with van der Waals surface area (Å²) < 4.78 is 5.42. The van der Waals surface area contributed by atoms with Crippen molar-refractivity contribution in [3.8, 4) is 0 Å². The Morgan fingerprint density at radius 1 is 1.41 bits per heavy atom. The Morgan fingerprint density at radius 3 is 2.68 bits per heavy atom. The Bertz CT molecular complexity index is 508. The van der Waals surface area contributed by atoms with Gasteiger partial charge in [0.25, 0.3) is 0 Å². The fourth-order valence-electron chi connectivity index (χ4n) is 2.30. The number of nitrogens with zero attached hydrogens (tertiary/aromatic N) is 3. The smallest absolute Gasteiger partial charge is 0.410 e. The van der Waals surface area contributed by atoms with E-state index >= 15 is 0 Å². The van der Waals surface area contributed by atoms with Crippen LogP contribution in [0.2, 0.25) is 0 Å². The number of carbonyl (C=O) groups excluding carboxylic acids is 1. The fraction of sp³-hybridized carbons (Fsp3) is 0.688. The van der Waals surface area contributed by atoms with Crippen LogP contribution in [0.25, 0.3) is 0 Å². The fourth-order valence-corrected chi connectivity index (χ4v) is 3.36. The highest BCUT2D eigenvalue weighted by Gasteiger charge is 2.26. The van der Waals surface area contributed by atoms with Gasteiger partial charge in [0, 0.05) is 30.7 Å². The van der Waals surface area contributed by atoms with Gasteiger partial charge in [0.05, 0.1) is 0 Å². The molecule has 0 atom stereocenters. The molecule has 0 aliphatic carbocycles. The van der Waals surface area contributed by atoms with Gasteiger partial charge in [-0.3, -0.25) is 0 Å². The molecular formula is C16H25N3O2S. The minimum Gasteiger partial charge on any atom is -0.444 e. The van der Waals surface area contributed by atoms with Gasteiger partial charge in [0.2, 0.25) is 0 Å².